The minimum atomic E-state index is 0. The number of nitrogens with zero attached hydrogens (tertiary/aromatic N) is 4. The van der Waals surface area contributed by atoms with Crippen LogP contribution in [0.2, 0.25) is 0 Å². The van der Waals surface area contributed by atoms with Crippen molar-refractivity contribution in [2.75, 3.05) is 13.1 Å². The van der Waals surface area contributed by atoms with Crippen LogP contribution in [0.4, 0.5) is 0 Å². The number of pyridine rings is 1. The largest absolute Gasteiger partial charge is 0.334 e. The number of carbonyl (C=O) groups is 1. The average Bonchev–Trinajstić information content (AvgIpc) is 3.08. The number of carbonyl (C=O) groups excluding carboxylic acids is 1. The number of nitrogens with two attached hydrogens (primary N) is 1. The Morgan fingerprint density at radius 1 is 1.38 bits per heavy atom. The van der Waals surface area contributed by atoms with Crippen molar-refractivity contribution >= 4 is 30.7 Å². The normalized spacial score (nSPS) is 20.0. The smallest absolute Gasteiger partial charge is 0.254 e. The highest BCUT2D eigenvalue weighted by molar-refractivity contribution is 5.94. The molecule has 2 atom stereocenters. The molecule has 0 saturated carbocycles. The topological polar surface area (TPSA) is 77.0 Å². The lowest BCUT2D eigenvalue weighted by molar-refractivity contribution is 0.0573. The van der Waals surface area contributed by atoms with E-state index in [9.17, 15) is 4.79 Å². The van der Waals surface area contributed by atoms with Crippen molar-refractivity contribution in [3.05, 3.63) is 42.6 Å². The zero-order chi connectivity index (χ0) is 15.5. The lowest BCUT2D eigenvalue weighted by Gasteiger charge is -2.38. The fraction of sp³-hybridized carbons (Fsp3) is 0.438. The van der Waals surface area contributed by atoms with Gasteiger partial charge in [-0.3, -0.25) is 9.36 Å². The van der Waals surface area contributed by atoms with Crippen LogP contribution in [0.3, 0.4) is 0 Å². The maximum atomic E-state index is 12.8. The van der Waals surface area contributed by atoms with E-state index in [0.29, 0.717) is 23.8 Å². The Hall–Kier alpha value is -1.63. The first-order chi connectivity index (χ1) is 10.7. The minimum Gasteiger partial charge on any atom is -0.334 e. The molecular formula is C16H23Cl2N5O. The van der Waals surface area contributed by atoms with E-state index in [-0.39, 0.29) is 36.8 Å². The Morgan fingerprint density at radius 3 is 2.83 bits per heavy atom. The van der Waals surface area contributed by atoms with Crippen LogP contribution in [0.1, 0.15) is 30.1 Å². The molecule has 132 valence electrons. The second-order valence-electron chi connectivity index (χ2n) is 5.89. The van der Waals surface area contributed by atoms with Gasteiger partial charge >= 0.3 is 0 Å². The molecule has 2 aromatic rings. The van der Waals surface area contributed by atoms with E-state index in [0.717, 1.165) is 19.4 Å². The maximum absolute atomic E-state index is 12.8. The van der Waals surface area contributed by atoms with Crippen LogP contribution in [0.15, 0.2) is 37.1 Å². The number of hydrogen-bond donors (Lipinski definition) is 1. The van der Waals surface area contributed by atoms with Gasteiger partial charge in [-0.25, -0.2) is 9.97 Å². The molecule has 0 radical (unpaired) electrons. The van der Waals surface area contributed by atoms with Crippen LogP contribution in [0.25, 0.3) is 5.82 Å². The van der Waals surface area contributed by atoms with E-state index in [4.69, 9.17) is 5.73 Å². The van der Waals surface area contributed by atoms with Gasteiger partial charge in [-0.1, -0.05) is 6.92 Å². The number of aromatic nitrogens is 3. The third-order valence-electron chi connectivity index (χ3n) is 4.27. The van der Waals surface area contributed by atoms with Crippen LogP contribution in [0.5, 0.6) is 0 Å². The molecule has 0 aromatic carbocycles. The van der Waals surface area contributed by atoms with E-state index in [1.807, 2.05) is 11.1 Å². The molecule has 8 heteroatoms. The molecule has 0 bridgehead atoms. The highest BCUT2D eigenvalue weighted by Gasteiger charge is 2.29. The molecule has 24 heavy (non-hydrogen) atoms. The predicted molar refractivity (Wildman–Crippen MR) is 98.1 cm³/mol. The molecule has 1 amide bonds. The number of piperidine rings is 1. The highest BCUT2D eigenvalue weighted by Crippen LogP contribution is 2.24. The number of rotatable bonds is 3. The quantitative estimate of drug-likeness (QED) is 0.897. The minimum absolute atomic E-state index is 0. The molecule has 1 aliphatic rings. The monoisotopic (exact) mass is 371 g/mol. The third-order valence-corrected chi connectivity index (χ3v) is 4.27. The molecule has 1 saturated heterocycles. The second-order valence-corrected chi connectivity index (χ2v) is 5.89. The van der Waals surface area contributed by atoms with Crippen LogP contribution < -0.4 is 5.73 Å². The van der Waals surface area contributed by atoms with E-state index in [1.54, 1.807) is 35.4 Å². The van der Waals surface area contributed by atoms with Crippen LogP contribution in [-0.2, 0) is 0 Å². The summed E-state index contributed by atoms with van der Waals surface area (Å²) in [5.74, 6) is 1.35. The number of likely N-dealkylation sites (tertiary alicyclic amines) is 1. The van der Waals surface area contributed by atoms with Crippen molar-refractivity contribution in [1.82, 2.24) is 19.4 Å². The zero-order valence-corrected chi connectivity index (χ0v) is 15.2. The van der Waals surface area contributed by atoms with Gasteiger partial charge in [0.25, 0.3) is 5.91 Å². The summed E-state index contributed by atoms with van der Waals surface area (Å²) in [5.41, 5.74) is 6.51. The molecule has 1 fully saturated rings. The van der Waals surface area contributed by atoms with Crippen molar-refractivity contribution in [3.63, 3.8) is 0 Å². The van der Waals surface area contributed by atoms with Crippen molar-refractivity contribution in [1.29, 1.82) is 0 Å². The number of halogens is 2. The van der Waals surface area contributed by atoms with Gasteiger partial charge in [0, 0.05) is 43.3 Å². The Kier molecular flexibility index (Phi) is 7.66. The predicted octanol–water partition coefficient (Wildman–Crippen LogP) is 2.31. The summed E-state index contributed by atoms with van der Waals surface area (Å²) in [5, 5.41) is 0. The summed E-state index contributed by atoms with van der Waals surface area (Å²) < 4.78 is 1.79. The number of imidazole rings is 1. The Labute approximate surface area is 154 Å². The summed E-state index contributed by atoms with van der Waals surface area (Å²) >= 11 is 0. The van der Waals surface area contributed by atoms with Gasteiger partial charge in [-0.2, -0.15) is 0 Å². The van der Waals surface area contributed by atoms with Gasteiger partial charge in [-0.15, -0.1) is 24.8 Å². The number of hydrogen-bond acceptors (Lipinski definition) is 4. The van der Waals surface area contributed by atoms with Gasteiger partial charge in [0.05, 0.1) is 0 Å². The first kappa shape index (κ1) is 20.4. The molecule has 3 heterocycles. The molecule has 2 unspecified atom stereocenters. The fourth-order valence-electron chi connectivity index (χ4n) is 3.00. The van der Waals surface area contributed by atoms with E-state index in [1.165, 1.54) is 0 Å². The van der Waals surface area contributed by atoms with Crippen LogP contribution in [0, 0.1) is 5.92 Å². The Morgan fingerprint density at radius 2 is 2.17 bits per heavy atom. The van der Waals surface area contributed by atoms with Gasteiger partial charge < -0.3 is 10.6 Å². The van der Waals surface area contributed by atoms with Gasteiger partial charge in [-0.05, 0) is 30.9 Å². The van der Waals surface area contributed by atoms with Gasteiger partial charge in [0.1, 0.15) is 12.1 Å². The molecular weight excluding hydrogens is 349 g/mol. The average molecular weight is 372 g/mol. The molecule has 0 spiro atoms. The van der Waals surface area contributed by atoms with Crippen molar-refractivity contribution < 1.29 is 4.79 Å². The summed E-state index contributed by atoms with van der Waals surface area (Å²) in [6.07, 6.45) is 8.83. The summed E-state index contributed by atoms with van der Waals surface area (Å²) in [7, 11) is 0. The molecule has 0 aliphatic carbocycles. The molecule has 2 aromatic heterocycles. The molecule has 1 aliphatic heterocycles. The SMILES string of the molecule is CC1CCN(C(=O)c2ccnc(-n3ccnc3)c2)C(CN)C1.Cl.Cl. The highest BCUT2D eigenvalue weighted by atomic mass is 35.5. The van der Waals surface area contributed by atoms with E-state index in [2.05, 4.69) is 16.9 Å². The van der Waals surface area contributed by atoms with Crippen molar-refractivity contribution in [2.45, 2.75) is 25.8 Å². The number of amides is 1. The van der Waals surface area contributed by atoms with Crippen molar-refractivity contribution in [2.24, 2.45) is 11.7 Å². The standard InChI is InChI=1S/C16H21N5O.2ClH/c1-12-3-6-21(14(8-12)10-17)16(22)13-2-4-19-15(9-13)20-7-5-18-11-20;;/h2,4-5,7,9,11-12,14H,3,6,8,10,17H2,1H3;2*1H. The summed E-state index contributed by atoms with van der Waals surface area (Å²) in [4.78, 5) is 23.0. The maximum Gasteiger partial charge on any atom is 0.254 e. The summed E-state index contributed by atoms with van der Waals surface area (Å²) in [6, 6.07) is 3.69. The lowest BCUT2D eigenvalue weighted by atomic mass is 9.92. The Bertz CT molecular complexity index is 650. The van der Waals surface area contributed by atoms with Crippen LogP contribution >= 0.6 is 24.8 Å². The molecule has 2 N–H and O–H groups in total. The first-order valence-corrected chi connectivity index (χ1v) is 7.64. The fourth-order valence-corrected chi connectivity index (χ4v) is 3.00. The molecule has 6 nitrogen and oxygen atoms in total. The summed E-state index contributed by atoms with van der Waals surface area (Å²) in [6.45, 7) is 3.49. The van der Waals surface area contributed by atoms with Gasteiger partial charge in [0.15, 0.2) is 0 Å². The first-order valence-electron chi connectivity index (χ1n) is 7.64. The van der Waals surface area contributed by atoms with Gasteiger partial charge in [0.2, 0.25) is 0 Å². The zero-order valence-electron chi connectivity index (χ0n) is 13.5. The lowest BCUT2D eigenvalue weighted by Crippen LogP contribution is -2.49. The Balaban J connectivity index is 0.00000144. The third kappa shape index (κ3) is 4.26. The van der Waals surface area contributed by atoms with E-state index < -0.39 is 0 Å². The molecule has 3 rings (SSSR count). The van der Waals surface area contributed by atoms with Crippen molar-refractivity contribution in [3.8, 4) is 5.82 Å². The second kappa shape index (κ2) is 9.01. The van der Waals surface area contributed by atoms with E-state index >= 15 is 0 Å². The van der Waals surface area contributed by atoms with Crippen LogP contribution in [-0.4, -0.2) is 44.5 Å².